The molecular formula is C26H26F2N2O3S. The molecule has 0 N–H and O–H groups in total. The highest BCUT2D eigenvalue weighted by molar-refractivity contribution is 7.10. The summed E-state index contributed by atoms with van der Waals surface area (Å²) in [5.41, 5.74) is 1.37. The summed E-state index contributed by atoms with van der Waals surface area (Å²) in [4.78, 5) is 31.0. The number of nitrogens with zero attached hydrogens (tertiary/aromatic N) is 2. The Hall–Kier alpha value is -3.26. The van der Waals surface area contributed by atoms with Crippen LogP contribution in [0.4, 0.5) is 8.78 Å². The van der Waals surface area contributed by atoms with E-state index in [9.17, 15) is 18.4 Å². The zero-order valence-electron chi connectivity index (χ0n) is 19.0. The lowest BCUT2D eigenvalue weighted by Crippen LogP contribution is -2.49. The summed E-state index contributed by atoms with van der Waals surface area (Å²) in [5.74, 6) is -0.759. The van der Waals surface area contributed by atoms with Crippen LogP contribution in [-0.4, -0.2) is 47.4 Å². The standard InChI is InChI=1S/C26H26F2N2O3S/c1-17(2)30(26(32)18-3-5-19(27)6-4-18)15-25(31)29-13-11-24-22(12-14-34-24)23(29)16-33-21-9-7-20(28)8-10-21/h3-10,12,14,17,23H,11,13,15-16H2,1-2H3. The Morgan fingerprint density at radius 3 is 2.35 bits per heavy atom. The van der Waals surface area contributed by atoms with Gasteiger partial charge in [-0.1, -0.05) is 0 Å². The minimum atomic E-state index is -0.424. The molecule has 1 aromatic heterocycles. The van der Waals surface area contributed by atoms with Crippen molar-refractivity contribution in [1.82, 2.24) is 9.80 Å². The second-order valence-corrected chi connectivity index (χ2v) is 9.45. The van der Waals surface area contributed by atoms with Gasteiger partial charge in [-0.2, -0.15) is 0 Å². The maximum atomic E-state index is 13.5. The Balaban J connectivity index is 1.52. The van der Waals surface area contributed by atoms with Crippen molar-refractivity contribution >= 4 is 23.2 Å². The van der Waals surface area contributed by atoms with Gasteiger partial charge in [0.1, 0.15) is 30.5 Å². The third kappa shape index (κ3) is 5.28. The Morgan fingerprint density at radius 2 is 1.71 bits per heavy atom. The molecule has 0 fully saturated rings. The molecule has 0 saturated heterocycles. The normalized spacial score (nSPS) is 15.2. The maximum absolute atomic E-state index is 13.5. The third-order valence-electron chi connectivity index (χ3n) is 5.92. The predicted octanol–water partition coefficient (Wildman–Crippen LogP) is 5.08. The molecule has 2 amide bonds. The first-order chi connectivity index (χ1) is 16.3. The third-order valence-corrected chi connectivity index (χ3v) is 6.91. The molecule has 0 radical (unpaired) electrons. The van der Waals surface area contributed by atoms with Crippen LogP contribution in [0.2, 0.25) is 0 Å². The van der Waals surface area contributed by atoms with Crippen molar-refractivity contribution < 1.29 is 23.1 Å². The van der Waals surface area contributed by atoms with E-state index in [-0.39, 0.29) is 42.9 Å². The van der Waals surface area contributed by atoms with Crippen LogP contribution in [0.5, 0.6) is 5.75 Å². The Bertz CT molecular complexity index is 1150. The van der Waals surface area contributed by atoms with Gasteiger partial charge in [-0.15, -0.1) is 11.3 Å². The molecule has 2 heterocycles. The largest absolute Gasteiger partial charge is 0.491 e. The van der Waals surface area contributed by atoms with Crippen LogP contribution in [0.1, 0.15) is 40.7 Å². The summed E-state index contributed by atoms with van der Waals surface area (Å²) in [6, 6.07) is 12.6. The van der Waals surface area contributed by atoms with Gasteiger partial charge in [0.25, 0.3) is 5.91 Å². The van der Waals surface area contributed by atoms with Gasteiger partial charge in [0, 0.05) is 23.0 Å². The van der Waals surface area contributed by atoms with Crippen molar-refractivity contribution in [3.05, 3.63) is 87.6 Å². The van der Waals surface area contributed by atoms with Crippen molar-refractivity contribution in [2.24, 2.45) is 0 Å². The predicted molar refractivity (Wildman–Crippen MR) is 127 cm³/mol. The topological polar surface area (TPSA) is 49.9 Å². The average Bonchev–Trinajstić information content (AvgIpc) is 3.31. The van der Waals surface area contributed by atoms with Gasteiger partial charge < -0.3 is 14.5 Å². The van der Waals surface area contributed by atoms with E-state index in [0.29, 0.717) is 17.9 Å². The Labute approximate surface area is 201 Å². The molecule has 34 heavy (non-hydrogen) atoms. The van der Waals surface area contributed by atoms with Gasteiger partial charge in [-0.25, -0.2) is 8.78 Å². The van der Waals surface area contributed by atoms with E-state index in [2.05, 4.69) is 0 Å². The van der Waals surface area contributed by atoms with Crippen LogP contribution < -0.4 is 4.74 Å². The van der Waals surface area contributed by atoms with E-state index in [0.717, 1.165) is 12.0 Å². The van der Waals surface area contributed by atoms with Crippen LogP contribution >= 0.6 is 11.3 Å². The molecule has 1 unspecified atom stereocenters. The van der Waals surface area contributed by atoms with Crippen molar-refractivity contribution in [2.45, 2.75) is 32.4 Å². The molecule has 1 atom stereocenters. The molecule has 2 aromatic carbocycles. The molecule has 0 saturated carbocycles. The van der Waals surface area contributed by atoms with Gasteiger partial charge in [-0.05, 0) is 85.8 Å². The van der Waals surface area contributed by atoms with E-state index in [4.69, 9.17) is 4.74 Å². The summed E-state index contributed by atoms with van der Waals surface area (Å²) >= 11 is 1.65. The fraction of sp³-hybridized carbons (Fsp3) is 0.308. The average molecular weight is 485 g/mol. The Kier molecular flexibility index (Phi) is 7.26. The van der Waals surface area contributed by atoms with Gasteiger partial charge in [-0.3, -0.25) is 9.59 Å². The van der Waals surface area contributed by atoms with E-state index in [1.807, 2.05) is 25.3 Å². The number of fused-ring (bicyclic) bond motifs is 1. The van der Waals surface area contributed by atoms with Crippen LogP contribution in [-0.2, 0) is 11.2 Å². The smallest absolute Gasteiger partial charge is 0.254 e. The molecule has 1 aliphatic heterocycles. The highest BCUT2D eigenvalue weighted by Gasteiger charge is 2.34. The van der Waals surface area contributed by atoms with E-state index in [1.54, 1.807) is 28.4 Å². The lowest BCUT2D eigenvalue weighted by Gasteiger charge is -2.37. The molecule has 1 aliphatic rings. The molecule has 0 bridgehead atoms. The van der Waals surface area contributed by atoms with E-state index >= 15 is 0 Å². The van der Waals surface area contributed by atoms with Crippen molar-refractivity contribution in [1.29, 1.82) is 0 Å². The first-order valence-corrected chi connectivity index (χ1v) is 12.0. The number of amides is 2. The SMILES string of the molecule is CC(C)N(CC(=O)N1CCc2sccc2C1COc1ccc(F)cc1)C(=O)c1ccc(F)cc1. The molecule has 8 heteroatoms. The van der Waals surface area contributed by atoms with Crippen LogP contribution in [0, 0.1) is 11.6 Å². The summed E-state index contributed by atoms with van der Waals surface area (Å²) in [5, 5.41) is 2.00. The van der Waals surface area contributed by atoms with Crippen molar-refractivity contribution in [2.75, 3.05) is 19.7 Å². The molecule has 0 spiro atoms. The lowest BCUT2D eigenvalue weighted by molar-refractivity contribution is -0.136. The summed E-state index contributed by atoms with van der Waals surface area (Å²) in [6.45, 7) is 4.32. The van der Waals surface area contributed by atoms with Crippen molar-refractivity contribution in [3.8, 4) is 5.75 Å². The van der Waals surface area contributed by atoms with E-state index < -0.39 is 5.82 Å². The van der Waals surface area contributed by atoms with Gasteiger partial charge in [0.05, 0.1) is 6.04 Å². The summed E-state index contributed by atoms with van der Waals surface area (Å²) in [7, 11) is 0. The number of hydrogen-bond acceptors (Lipinski definition) is 4. The zero-order valence-corrected chi connectivity index (χ0v) is 19.9. The number of thiophene rings is 1. The number of rotatable bonds is 7. The number of hydrogen-bond donors (Lipinski definition) is 0. The van der Waals surface area contributed by atoms with Gasteiger partial charge in [0.2, 0.25) is 5.91 Å². The van der Waals surface area contributed by atoms with Crippen LogP contribution in [0.15, 0.2) is 60.0 Å². The maximum Gasteiger partial charge on any atom is 0.254 e. The summed E-state index contributed by atoms with van der Waals surface area (Å²) in [6.07, 6.45) is 0.735. The number of ether oxygens (including phenoxy) is 1. The monoisotopic (exact) mass is 484 g/mol. The fourth-order valence-corrected chi connectivity index (χ4v) is 4.99. The molecular weight excluding hydrogens is 458 g/mol. The zero-order chi connectivity index (χ0) is 24.2. The highest BCUT2D eigenvalue weighted by atomic mass is 32.1. The number of benzene rings is 2. The molecule has 4 rings (SSSR count). The van der Waals surface area contributed by atoms with Crippen LogP contribution in [0.3, 0.4) is 0 Å². The summed E-state index contributed by atoms with van der Waals surface area (Å²) < 4.78 is 32.5. The molecule has 3 aromatic rings. The number of halogens is 2. The second-order valence-electron chi connectivity index (χ2n) is 8.45. The lowest BCUT2D eigenvalue weighted by atomic mass is 10.00. The quantitative estimate of drug-likeness (QED) is 0.470. The van der Waals surface area contributed by atoms with E-state index in [1.165, 1.54) is 46.2 Å². The molecule has 0 aliphatic carbocycles. The number of carbonyl (C=O) groups is 2. The fourth-order valence-electron chi connectivity index (χ4n) is 4.06. The van der Waals surface area contributed by atoms with Gasteiger partial charge in [0.15, 0.2) is 0 Å². The highest BCUT2D eigenvalue weighted by Crippen LogP contribution is 2.34. The second kappa shape index (κ2) is 10.3. The van der Waals surface area contributed by atoms with Gasteiger partial charge >= 0.3 is 0 Å². The minimum Gasteiger partial charge on any atom is -0.491 e. The molecule has 5 nitrogen and oxygen atoms in total. The van der Waals surface area contributed by atoms with Crippen molar-refractivity contribution in [3.63, 3.8) is 0 Å². The first-order valence-electron chi connectivity index (χ1n) is 11.1. The number of carbonyl (C=O) groups excluding carboxylic acids is 2. The molecule has 178 valence electrons. The first kappa shape index (κ1) is 23.9. The van der Waals surface area contributed by atoms with Crippen LogP contribution in [0.25, 0.3) is 0 Å². The minimum absolute atomic E-state index is 0.0968. The Morgan fingerprint density at radius 1 is 1.06 bits per heavy atom.